The van der Waals surface area contributed by atoms with Crippen LogP contribution < -0.4 is 5.73 Å². The molecule has 0 saturated heterocycles. The summed E-state index contributed by atoms with van der Waals surface area (Å²) in [7, 11) is 4.24. The third-order valence-electron chi connectivity index (χ3n) is 4.53. The minimum atomic E-state index is -0.387. The van der Waals surface area contributed by atoms with Gasteiger partial charge in [-0.15, -0.1) is 0 Å². The van der Waals surface area contributed by atoms with E-state index in [-0.39, 0.29) is 23.9 Å². The maximum Gasteiger partial charge on any atom is 0.240 e. The van der Waals surface area contributed by atoms with Crippen LogP contribution in [0.3, 0.4) is 0 Å². The highest BCUT2D eigenvalue weighted by molar-refractivity contribution is 5.82. The van der Waals surface area contributed by atoms with Gasteiger partial charge in [-0.1, -0.05) is 26.7 Å². The number of rotatable bonds is 5. The zero-order chi connectivity index (χ0) is 15.4. The van der Waals surface area contributed by atoms with Crippen molar-refractivity contribution < 1.29 is 4.79 Å². The molecule has 4 heteroatoms. The second kappa shape index (κ2) is 7.41. The Morgan fingerprint density at radius 1 is 1.05 bits per heavy atom. The minimum absolute atomic E-state index is 0.119. The molecule has 3 unspecified atom stereocenters. The first-order valence-corrected chi connectivity index (χ1v) is 8.01. The fraction of sp³-hybridized carbons (Fsp3) is 0.938. The van der Waals surface area contributed by atoms with Gasteiger partial charge in [0, 0.05) is 18.1 Å². The van der Waals surface area contributed by atoms with Crippen molar-refractivity contribution in [2.24, 2.45) is 11.7 Å². The zero-order valence-electron chi connectivity index (χ0n) is 14.1. The Morgan fingerprint density at radius 2 is 1.55 bits per heavy atom. The number of hydrogen-bond donors (Lipinski definition) is 1. The molecule has 4 nitrogen and oxygen atoms in total. The molecule has 1 fully saturated rings. The molecular formula is C16H33N3O. The molecule has 1 saturated carbocycles. The van der Waals surface area contributed by atoms with Crippen molar-refractivity contribution in [2.75, 3.05) is 14.1 Å². The lowest BCUT2D eigenvalue weighted by atomic mass is 9.87. The summed E-state index contributed by atoms with van der Waals surface area (Å²) in [6.45, 7) is 8.25. The predicted molar refractivity (Wildman–Crippen MR) is 84.5 cm³/mol. The number of hydrogen-bond acceptors (Lipinski definition) is 3. The first kappa shape index (κ1) is 17.4. The van der Waals surface area contributed by atoms with Crippen LogP contribution in [0.4, 0.5) is 0 Å². The molecule has 0 aromatic carbocycles. The van der Waals surface area contributed by atoms with Crippen LogP contribution >= 0.6 is 0 Å². The molecule has 0 bridgehead atoms. The van der Waals surface area contributed by atoms with Crippen LogP contribution in [0.1, 0.15) is 53.4 Å². The summed E-state index contributed by atoms with van der Waals surface area (Å²) in [6, 6.07) is 0.575. The van der Waals surface area contributed by atoms with Gasteiger partial charge in [0.2, 0.25) is 5.91 Å². The zero-order valence-corrected chi connectivity index (χ0v) is 14.1. The fourth-order valence-corrected chi connectivity index (χ4v) is 3.28. The summed E-state index contributed by atoms with van der Waals surface area (Å²) in [6.07, 6.45) is 4.74. The molecule has 1 amide bonds. The molecule has 20 heavy (non-hydrogen) atoms. The standard InChI is InChI=1S/C16H33N3O/c1-11(2)15(17)16(20)19(12(3)4)14-10-8-7-9-13(14)18(5)6/h11-15H,7-10,17H2,1-6H3. The Kier molecular flexibility index (Phi) is 6.46. The molecule has 1 aliphatic rings. The number of nitrogens with two attached hydrogens (primary N) is 1. The summed E-state index contributed by atoms with van der Waals surface area (Å²) < 4.78 is 0. The van der Waals surface area contributed by atoms with E-state index >= 15 is 0 Å². The first-order chi connectivity index (χ1) is 9.27. The monoisotopic (exact) mass is 283 g/mol. The number of likely N-dealkylation sites (N-methyl/N-ethyl adjacent to an activating group) is 1. The van der Waals surface area contributed by atoms with Gasteiger partial charge in [-0.3, -0.25) is 4.79 Å². The summed E-state index contributed by atoms with van der Waals surface area (Å²) in [4.78, 5) is 17.1. The quantitative estimate of drug-likeness (QED) is 0.840. The molecule has 0 spiro atoms. The van der Waals surface area contributed by atoms with E-state index < -0.39 is 0 Å². The third kappa shape index (κ3) is 3.95. The average Bonchev–Trinajstić information content (AvgIpc) is 2.37. The highest BCUT2D eigenvalue weighted by atomic mass is 16.2. The van der Waals surface area contributed by atoms with Gasteiger partial charge in [0.05, 0.1) is 6.04 Å². The normalized spacial score (nSPS) is 25.3. The smallest absolute Gasteiger partial charge is 0.240 e. The van der Waals surface area contributed by atoms with Crippen molar-refractivity contribution in [3.63, 3.8) is 0 Å². The van der Waals surface area contributed by atoms with E-state index in [9.17, 15) is 4.79 Å². The lowest BCUT2D eigenvalue weighted by molar-refractivity contribution is -0.140. The maximum absolute atomic E-state index is 12.8. The van der Waals surface area contributed by atoms with Crippen molar-refractivity contribution in [3.8, 4) is 0 Å². The lowest BCUT2D eigenvalue weighted by Crippen LogP contribution is -2.59. The summed E-state index contributed by atoms with van der Waals surface area (Å²) in [5.74, 6) is 0.305. The van der Waals surface area contributed by atoms with Crippen LogP contribution in [0, 0.1) is 5.92 Å². The van der Waals surface area contributed by atoms with Crippen LogP contribution in [-0.2, 0) is 4.79 Å². The van der Waals surface area contributed by atoms with Gasteiger partial charge >= 0.3 is 0 Å². The Labute approximate surface area is 124 Å². The summed E-state index contributed by atoms with van der Waals surface area (Å²) in [5.41, 5.74) is 6.12. The van der Waals surface area contributed by atoms with Crippen molar-refractivity contribution in [1.82, 2.24) is 9.80 Å². The van der Waals surface area contributed by atoms with Crippen LogP contribution in [0.25, 0.3) is 0 Å². The summed E-state index contributed by atoms with van der Waals surface area (Å²) in [5, 5.41) is 0. The molecule has 0 aromatic heterocycles. The largest absolute Gasteiger partial charge is 0.334 e. The fourth-order valence-electron chi connectivity index (χ4n) is 3.28. The average molecular weight is 283 g/mol. The SMILES string of the molecule is CC(C)C(N)C(=O)N(C(C)C)C1CCCCC1N(C)C. The highest BCUT2D eigenvalue weighted by Crippen LogP contribution is 2.28. The maximum atomic E-state index is 12.8. The van der Waals surface area contributed by atoms with Crippen molar-refractivity contribution >= 4 is 5.91 Å². The Bertz CT molecular complexity index is 315. The van der Waals surface area contributed by atoms with Gasteiger partial charge in [-0.05, 0) is 46.7 Å². The van der Waals surface area contributed by atoms with Crippen LogP contribution in [0.2, 0.25) is 0 Å². The number of carbonyl (C=O) groups is 1. The van der Waals surface area contributed by atoms with Gasteiger partial charge in [0.25, 0.3) is 0 Å². The van der Waals surface area contributed by atoms with E-state index in [0.717, 1.165) is 6.42 Å². The van der Waals surface area contributed by atoms with Gasteiger partial charge in [0.1, 0.15) is 0 Å². The number of nitrogens with zero attached hydrogens (tertiary/aromatic N) is 2. The molecule has 1 aliphatic carbocycles. The number of carbonyl (C=O) groups excluding carboxylic acids is 1. The summed E-state index contributed by atoms with van der Waals surface area (Å²) >= 11 is 0. The molecule has 0 heterocycles. The van der Waals surface area contributed by atoms with Crippen LogP contribution in [0.15, 0.2) is 0 Å². The lowest BCUT2D eigenvalue weighted by Gasteiger charge is -2.45. The third-order valence-corrected chi connectivity index (χ3v) is 4.53. The molecular weight excluding hydrogens is 250 g/mol. The number of amides is 1. The van der Waals surface area contributed by atoms with Crippen molar-refractivity contribution in [1.29, 1.82) is 0 Å². The van der Waals surface area contributed by atoms with Crippen LogP contribution in [-0.4, -0.2) is 54.0 Å². The molecule has 0 aliphatic heterocycles. The molecule has 0 radical (unpaired) electrons. The molecule has 3 atom stereocenters. The van der Waals surface area contributed by atoms with Crippen molar-refractivity contribution in [2.45, 2.75) is 77.5 Å². The molecule has 118 valence electrons. The van der Waals surface area contributed by atoms with E-state index in [4.69, 9.17) is 5.73 Å². The van der Waals surface area contributed by atoms with Gasteiger partial charge < -0.3 is 15.5 Å². The van der Waals surface area contributed by atoms with E-state index in [2.05, 4.69) is 37.7 Å². The first-order valence-electron chi connectivity index (χ1n) is 8.01. The van der Waals surface area contributed by atoms with E-state index in [1.54, 1.807) is 0 Å². The Hall–Kier alpha value is -0.610. The highest BCUT2D eigenvalue weighted by Gasteiger charge is 2.37. The topological polar surface area (TPSA) is 49.6 Å². The van der Waals surface area contributed by atoms with Gasteiger partial charge in [-0.25, -0.2) is 0 Å². The Morgan fingerprint density at radius 3 is 1.95 bits per heavy atom. The Balaban J connectivity index is 2.96. The molecule has 0 aromatic rings. The molecule has 1 rings (SSSR count). The van der Waals surface area contributed by atoms with E-state index in [0.29, 0.717) is 12.1 Å². The second-order valence-electron chi connectivity index (χ2n) is 6.99. The predicted octanol–water partition coefficient (Wildman–Crippen LogP) is 2.08. The van der Waals surface area contributed by atoms with Crippen molar-refractivity contribution in [3.05, 3.63) is 0 Å². The molecule has 2 N–H and O–H groups in total. The van der Waals surface area contributed by atoms with Gasteiger partial charge in [0.15, 0.2) is 0 Å². The van der Waals surface area contributed by atoms with Gasteiger partial charge in [-0.2, -0.15) is 0 Å². The van der Waals surface area contributed by atoms with Crippen LogP contribution in [0.5, 0.6) is 0 Å². The van der Waals surface area contributed by atoms with E-state index in [1.807, 2.05) is 13.8 Å². The van der Waals surface area contributed by atoms with E-state index in [1.165, 1.54) is 19.3 Å². The second-order valence-corrected chi connectivity index (χ2v) is 6.99. The minimum Gasteiger partial charge on any atom is -0.334 e.